The minimum Gasteiger partial charge on any atom is -0.306 e. The van der Waals surface area contributed by atoms with Crippen molar-refractivity contribution in [3.05, 3.63) is 50.4 Å². The average molecular weight is 249 g/mol. The summed E-state index contributed by atoms with van der Waals surface area (Å²) >= 11 is 5.90. The third kappa shape index (κ3) is 2.24. The SMILES string of the molecule is Cc1cc(Cl)ccc1-c1nc(C)c(C)c(=O)[nH]1. The monoisotopic (exact) mass is 248 g/mol. The molecule has 2 rings (SSSR count). The first-order valence-electron chi connectivity index (χ1n) is 5.33. The number of aromatic nitrogens is 2. The molecule has 88 valence electrons. The number of nitrogens with one attached hydrogen (secondary N) is 1. The first kappa shape index (κ1) is 11.9. The lowest BCUT2D eigenvalue weighted by molar-refractivity contribution is 1.03. The number of aromatic amines is 1. The predicted octanol–water partition coefficient (Wildman–Crippen LogP) is 3.02. The van der Waals surface area contributed by atoms with Gasteiger partial charge in [0.2, 0.25) is 0 Å². The second-order valence-electron chi connectivity index (χ2n) is 4.08. The van der Waals surface area contributed by atoms with E-state index in [1.807, 2.05) is 26.0 Å². The van der Waals surface area contributed by atoms with Gasteiger partial charge in [-0.25, -0.2) is 4.98 Å². The molecule has 0 saturated carbocycles. The van der Waals surface area contributed by atoms with Crippen LogP contribution in [-0.4, -0.2) is 9.97 Å². The Morgan fingerprint density at radius 3 is 2.53 bits per heavy atom. The molecule has 0 aliphatic rings. The number of aryl methyl sites for hydroxylation is 2. The zero-order valence-electron chi connectivity index (χ0n) is 9.97. The summed E-state index contributed by atoms with van der Waals surface area (Å²) in [6.07, 6.45) is 0. The Labute approximate surface area is 104 Å². The van der Waals surface area contributed by atoms with E-state index in [0.717, 1.165) is 16.8 Å². The first-order chi connectivity index (χ1) is 7.99. The highest BCUT2D eigenvalue weighted by atomic mass is 35.5. The molecule has 17 heavy (non-hydrogen) atoms. The van der Waals surface area contributed by atoms with Gasteiger partial charge in [-0.3, -0.25) is 4.79 Å². The zero-order valence-corrected chi connectivity index (χ0v) is 10.7. The number of hydrogen-bond donors (Lipinski definition) is 1. The fraction of sp³-hybridized carbons (Fsp3) is 0.231. The van der Waals surface area contributed by atoms with Gasteiger partial charge in [0.25, 0.3) is 5.56 Å². The van der Waals surface area contributed by atoms with Crippen molar-refractivity contribution >= 4 is 11.6 Å². The molecule has 0 aliphatic carbocycles. The molecule has 0 saturated heterocycles. The number of benzene rings is 1. The van der Waals surface area contributed by atoms with E-state index < -0.39 is 0 Å². The van der Waals surface area contributed by atoms with Gasteiger partial charge in [0, 0.05) is 21.8 Å². The largest absolute Gasteiger partial charge is 0.306 e. The second-order valence-corrected chi connectivity index (χ2v) is 4.52. The van der Waals surface area contributed by atoms with E-state index in [4.69, 9.17) is 11.6 Å². The van der Waals surface area contributed by atoms with Crippen molar-refractivity contribution < 1.29 is 0 Å². The fourth-order valence-electron chi connectivity index (χ4n) is 1.67. The molecule has 4 heteroatoms. The lowest BCUT2D eigenvalue weighted by Crippen LogP contribution is -2.14. The zero-order chi connectivity index (χ0) is 12.6. The average Bonchev–Trinajstić information content (AvgIpc) is 2.25. The van der Waals surface area contributed by atoms with Crippen LogP contribution in [0.4, 0.5) is 0 Å². The lowest BCUT2D eigenvalue weighted by Gasteiger charge is -2.07. The summed E-state index contributed by atoms with van der Waals surface area (Å²) in [5.41, 5.74) is 3.19. The van der Waals surface area contributed by atoms with Crippen molar-refractivity contribution in [3.8, 4) is 11.4 Å². The van der Waals surface area contributed by atoms with Gasteiger partial charge in [0.05, 0.1) is 0 Å². The molecule has 0 bridgehead atoms. The molecule has 1 aromatic carbocycles. The normalized spacial score (nSPS) is 10.6. The van der Waals surface area contributed by atoms with Gasteiger partial charge in [-0.05, 0) is 44.5 Å². The first-order valence-corrected chi connectivity index (χ1v) is 5.71. The van der Waals surface area contributed by atoms with Crippen molar-refractivity contribution in [2.24, 2.45) is 0 Å². The highest BCUT2D eigenvalue weighted by molar-refractivity contribution is 6.30. The maximum absolute atomic E-state index is 11.7. The van der Waals surface area contributed by atoms with Crippen molar-refractivity contribution in [1.82, 2.24) is 9.97 Å². The van der Waals surface area contributed by atoms with Gasteiger partial charge in [-0.2, -0.15) is 0 Å². The summed E-state index contributed by atoms with van der Waals surface area (Å²) in [4.78, 5) is 18.9. The third-order valence-electron chi connectivity index (χ3n) is 2.84. The Morgan fingerprint density at radius 1 is 1.24 bits per heavy atom. The minimum absolute atomic E-state index is 0.0955. The fourth-order valence-corrected chi connectivity index (χ4v) is 1.89. The molecule has 1 aromatic heterocycles. The Kier molecular flexibility index (Phi) is 3.03. The van der Waals surface area contributed by atoms with Crippen LogP contribution in [0.1, 0.15) is 16.8 Å². The summed E-state index contributed by atoms with van der Waals surface area (Å²) < 4.78 is 0. The summed E-state index contributed by atoms with van der Waals surface area (Å²) in [5.74, 6) is 0.590. The quantitative estimate of drug-likeness (QED) is 0.843. The van der Waals surface area contributed by atoms with E-state index >= 15 is 0 Å². The molecule has 3 nitrogen and oxygen atoms in total. The highest BCUT2D eigenvalue weighted by Crippen LogP contribution is 2.22. The van der Waals surface area contributed by atoms with Gasteiger partial charge in [-0.1, -0.05) is 11.6 Å². The van der Waals surface area contributed by atoms with Crippen LogP contribution in [0.5, 0.6) is 0 Å². The van der Waals surface area contributed by atoms with Gasteiger partial charge in [-0.15, -0.1) is 0 Å². The molecular formula is C13H13ClN2O. The van der Waals surface area contributed by atoms with Crippen molar-refractivity contribution in [3.63, 3.8) is 0 Å². The topological polar surface area (TPSA) is 45.8 Å². The summed E-state index contributed by atoms with van der Waals surface area (Å²) in [6.45, 7) is 5.54. The van der Waals surface area contributed by atoms with Gasteiger partial charge >= 0.3 is 0 Å². The molecule has 0 aliphatic heterocycles. The molecular weight excluding hydrogens is 236 g/mol. The molecule has 0 amide bonds. The van der Waals surface area contributed by atoms with Gasteiger partial charge in [0.15, 0.2) is 0 Å². The van der Waals surface area contributed by atoms with E-state index in [1.165, 1.54) is 0 Å². The van der Waals surface area contributed by atoms with E-state index in [2.05, 4.69) is 9.97 Å². The van der Waals surface area contributed by atoms with Crippen LogP contribution in [0.2, 0.25) is 5.02 Å². The Bertz CT molecular complexity index is 632. The maximum Gasteiger partial charge on any atom is 0.254 e. The van der Waals surface area contributed by atoms with E-state index in [9.17, 15) is 4.79 Å². The Morgan fingerprint density at radius 2 is 1.94 bits per heavy atom. The van der Waals surface area contributed by atoms with Crippen LogP contribution < -0.4 is 5.56 Å². The van der Waals surface area contributed by atoms with Gasteiger partial charge < -0.3 is 4.98 Å². The number of nitrogens with zero attached hydrogens (tertiary/aromatic N) is 1. The predicted molar refractivity (Wildman–Crippen MR) is 69.5 cm³/mol. The van der Waals surface area contributed by atoms with E-state index in [1.54, 1.807) is 13.0 Å². The summed E-state index contributed by atoms with van der Waals surface area (Å²) in [6, 6.07) is 5.51. The molecule has 0 atom stereocenters. The minimum atomic E-state index is -0.0955. The van der Waals surface area contributed by atoms with Crippen LogP contribution in [-0.2, 0) is 0 Å². The second kappa shape index (κ2) is 4.34. The third-order valence-corrected chi connectivity index (χ3v) is 3.07. The lowest BCUT2D eigenvalue weighted by atomic mass is 10.1. The van der Waals surface area contributed by atoms with E-state index in [-0.39, 0.29) is 5.56 Å². The van der Waals surface area contributed by atoms with Crippen LogP contribution in [0.25, 0.3) is 11.4 Å². The van der Waals surface area contributed by atoms with Crippen LogP contribution in [0.3, 0.4) is 0 Å². The molecule has 0 radical (unpaired) electrons. The molecule has 0 spiro atoms. The molecule has 1 heterocycles. The van der Waals surface area contributed by atoms with Crippen molar-refractivity contribution in [2.75, 3.05) is 0 Å². The molecule has 1 N–H and O–H groups in total. The molecule has 0 unspecified atom stereocenters. The van der Waals surface area contributed by atoms with Crippen LogP contribution in [0.15, 0.2) is 23.0 Å². The maximum atomic E-state index is 11.7. The van der Waals surface area contributed by atoms with E-state index in [0.29, 0.717) is 16.4 Å². The number of rotatable bonds is 1. The smallest absolute Gasteiger partial charge is 0.254 e. The van der Waals surface area contributed by atoms with Gasteiger partial charge in [0.1, 0.15) is 5.82 Å². The number of hydrogen-bond acceptors (Lipinski definition) is 2. The number of halogens is 1. The molecule has 2 aromatic rings. The Hall–Kier alpha value is -1.61. The van der Waals surface area contributed by atoms with Crippen molar-refractivity contribution in [2.45, 2.75) is 20.8 Å². The highest BCUT2D eigenvalue weighted by Gasteiger charge is 2.08. The number of H-pyrrole nitrogens is 1. The Balaban J connectivity index is 2.65. The van der Waals surface area contributed by atoms with Crippen LogP contribution >= 0.6 is 11.6 Å². The van der Waals surface area contributed by atoms with Crippen LogP contribution in [0, 0.1) is 20.8 Å². The molecule has 0 fully saturated rings. The standard InChI is InChI=1S/C13H13ClN2O/c1-7-6-10(14)4-5-11(7)12-15-9(3)8(2)13(17)16-12/h4-6H,1-3H3,(H,15,16,17). The van der Waals surface area contributed by atoms with Crippen molar-refractivity contribution in [1.29, 1.82) is 0 Å². The summed E-state index contributed by atoms with van der Waals surface area (Å²) in [7, 11) is 0. The summed E-state index contributed by atoms with van der Waals surface area (Å²) in [5, 5.41) is 0.678.